The molecule has 0 spiro atoms. The maximum atomic E-state index is 11.9. The molecular weight excluding hydrogens is 320 g/mol. The number of carboxylic acid groups (broad SMARTS) is 1. The molecule has 2 aromatic rings. The Bertz CT molecular complexity index is 735. The van der Waals surface area contributed by atoms with Crippen molar-refractivity contribution in [3.05, 3.63) is 41.9 Å². The predicted molar refractivity (Wildman–Crippen MR) is 94.0 cm³/mol. The largest absolute Gasteiger partial charge is 0.481 e. The number of rotatable bonds is 8. The highest BCUT2D eigenvalue weighted by Crippen LogP contribution is 2.24. The van der Waals surface area contributed by atoms with Crippen LogP contribution >= 0.6 is 0 Å². The Kier molecular flexibility index (Phi) is 5.96. The second kappa shape index (κ2) is 7.96. The third-order valence-corrected chi connectivity index (χ3v) is 4.09. The van der Waals surface area contributed by atoms with E-state index in [1.54, 1.807) is 13.8 Å². The Balaban J connectivity index is 1.84. The first-order valence-corrected chi connectivity index (χ1v) is 8.31. The molecule has 2 rings (SSSR count). The van der Waals surface area contributed by atoms with Gasteiger partial charge in [-0.15, -0.1) is 0 Å². The lowest BCUT2D eigenvalue weighted by Gasteiger charge is -2.18. The van der Waals surface area contributed by atoms with Crippen molar-refractivity contribution < 1.29 is 19.1 Å². The van der Waals surface area contributed by atoms with E-state index < -0.39 is 11.4 Å². The fraction of sp³-hybridized carbons (Fsp3) is 0.421. The third kappa shape index (κ3) is 5.17. The van der Waals surface area contributed by atoms with Crippen LogP contribution in [0.3, 0.4) is 0 Å². The van der Waals surface area contributed by atoms with Gasteiger partial charge in [0, 0.05) is 24.9 Å². The molecule has 0 unspecified atom stereocenters. The number of aromatic nitrogens is 1. The van der Waals surface area contributed by atoms with E-state index in [-0.39, 0.29) is 12.3 Å². The van der Waals surface area contributed by atoms with Crippen molar-refractivity contribution in [3.63, 3.8) is 0 Å². The lowest BCUT2D eigenvalue weighted by atomic mass is 9.90. The lowest BCUT2D eigenvalue weighted by Crippen LogP contribution is -2.32. The van der Waals surface area contributed by atoms with Gasteiger partial charge in [0.2, 0.25) is 5.91 Å². The van der Waals surface area contributed by atoms with Gasteiger partial charge in [-0.2, -0.15) is 0 Å². The molecule has 0 aliphatic heterocycles. The van der Waals surface area contributed by atoms with E-state index in [2.05, 4.69) is 10.3 Å². The van der Waals surface area contributed by atoms with Crippen LogP contribution in [0.15, 0.2) is 34.7 Å². The van der Waals surface area contributed by atoms with Crippen LogP contribution in [0.1, 0.15) is 38.3 Å². The number of nitrogens with one attached hydrogen (secondary N) is 1. The summed E-state index contributed by atoms with van der Waals surface area (Å²) in [5, 5.41) is 11.8. The summed E-state index contributed by atoms with van der Waals surface area (Å²) in [5.74, 6) is 0.236. The van der Waals surface area contributed by atoms with E-state index in [1.165, 1.54) is 0 Å². The van der Waals surface area contributed by atoms with Gasteiger partial charge in [-0.25, -0.2) is 4.98 Å². The minimum Gasteiger partial charge on any atom is -0.481 e. The van der Waals surface area contributed by atoms with E-state index in [4.69, 9.17) is 9.52 Å². The van der Waals surface area contributed by atoms with E-state index in [0.717, 1.165) is 17.0 Å². The molecule has 1 amide bonds. The van der Waals surface area contributed by atoms with Crippen LogP contribution < -0.4 is 5.32 Å². The van der Waals surface area contributed by atoms with Gasteiger partial charge in [0.25, 0.3) is 0 Å². The van der Waals surface area contributed by atoms with Crippen molar-refractivity contribution in [1.82, 2.24) is 10.3 Å². The smallest absolute Gasteiger partial charge is 0.309 e. The molecule has 0 atom stereocenters. The first-order chi connectivity index (χ1) is 11.8. The maximum Gasteiger partial charge on any atom is 0.309 e. The summed E-state index contributed by atoms with van der Waals surface area (Å²) < 4.78 is 5.77. The summed E-state index contributed by atoms with van der Waals surface area (Å²) in [6, 6.07) is 9.71. The fourth-order valence-electron chi connectivity index (χ4n) is 2.35. The summed E-state index contributed by atoms with van der Waals surface area (Å²) in [5.41, 5.74) is 0.904. The minimum atomic E-state index is -0.870. The SMILES string of the molecule is Cc1nc(CCC(=O)NCCC(C)(C)C(=O)O)oc1-c1ccccc1. The number of carbonyl (C=O) groups is 2. The summed E-state index contributed by atoms with van der Waals surface area (Å²) in [7, 11) is 0. The highest BCUT2D eigenvalue weighted by molar-refractivity contribution is 5.76. The molecule has 0 fully saturated rings. The number of aliphatic carboxylic acids is 1. The van der Waals surface area contributed by atoms with Crippen molar-refractivity contribution >= 4 is 11.9 Å². The lowest BCUT2D eigenvalue weighted by molar-refractivity contribution is -0.147. The topological polar surface area (TPSA) is 92.4 Å². The highest BCUT2D eigenvalue weighted by Gasteiger charge is 2.26. The summed E-state index contributed by atoms with van der Waals surface area (Å²) in [6.07, 6.45) is 1.04. The maximum absolute atomic E-state index is 11.9. The zero-order valence-electron chi connectivity index (χ0n) is 14.8. The van der Waals surface area contributed by atoms with Crippen LogP contribution in [-0.2, 0) is 16.0 Å². The van der Waals surface area contributed by atoms with E-state index in [0.29, 0.717) is 25.3 Å². The quantitative estimate of drug-likeness (QED) is 0.767. The van der Waals surface area contributed by atoms with Crippen LogP contribution in [0.25, 0.3) is 11.3 Å². The monoisotopic (exact) mass is 344 g/mol. The number of carboxylic acids is 1. The minimum absolute atomic E-state index is 0.140. The standard InChI is InChI=1S/C19H24N2O4/c1-13-17(14-7-5-4-6-8-14)25-16(21-13)10-9-15(22)20-12-11-19(2,3)18(23)24/h4-8H,9-12H2,1-3H3,(H,20,22)(H,23,24). The van der Waals surface area contributed by atoms with Crippen molar-refractivity contribution in [2.24, 2.45) is 5.41 Å². The van der Waals surface area contributed by atoms with Gasteiger partial charge in [0.15, 0.2) is 11.7 Å². The van der Waals surface area contributed by atoms with Crippen LogP contribution in [0.4, 0.5) is 0 Å². The van der Waals surface area contributed by atoms with Crippen LogP contribution in [0, 0.1) is 12.3 Å². The third-order valence-electron chi connectivity index (χ3n) is 4.09. The van der Waals surface area contributed by atoms with Gasteiger partial charge in [0.1, 0.15) is 0 Å². The Labute approximate surface area is 147 Å². The van der Waals surface area contributed by atoms with Crippen molar-refractivity contribution in [2.45, 2.75) is 40.0 Å². The van der Waals surface area contributed by atoms with E-state index >= 15 is 0 Å². The van der Waals surface area contributed by atoms with Gasteiger partial charge >= 0.3 is 5.97 Å². The average molecular weight is 344 g/mol. The molecule has 2 N–H and O–H groups in total. The van der Waals surface area contributed by atoms with E-state index in [9.17, 15) is 9.59 Å². The molecule has 0 saturated carbocycles. The number of benzene rings is 1. The first kappa shape index (κ1) is 18.7. The van der Waals surface area contributed by atoms with Crippen LogP contribution in [-0.4, -0.2) is 28.5 Å². The normalized spacial score (nSPS) is 11.3. The van der Waals surface area contributed by atoms with Crippen molar-refractivity contribution in [2.75, 3.05) is 6.54 Å². The second-order valence-electron chi connectivity index (χ2n) is 6.68. The first-order valence-electron chi connectivity index (χ1n) is 8.31. The summed E-state index contributed by atoms with van der Waals surface area (Å²) in [4.78, 5) is 27.3. The Morgan fingerprint density at radius 2 is 1.92 bits per heavy atom. The number of carbonyl (C=O) groups excluding carboxylic acids is 1. The molecule has 6 heteroatoms. The predicted octanol–water partition coefficient (Wildman–Crippen LogP) is 3.20. The Morgan fingerprint density at radius 1 is 1.24 bits per heavy atom. The molecular formula is C19H24N2O4. The molecule has 0 aliphatic rings. The number of nitrogens with zero attached hydrogens (tertiary/aromatic N) is 1. The molecule has 134 valence electrons. The molecule has 0 radical (unpaired) electrons. The van der Waals surface area contributed by atoms with Gasteiger partial charge < -0.3 is 14.8 Å². The molecule has 1 aromatic heterocycles. The van der Waals surface area contributed by atoms with Gasteiger partial charge in [-0.3, -0.25) is 9.59 Å². The fourth-order valence-corrected chi connectivity index (χ4v) is 2.35. The average Bonchev–Trinajstić information content (AvgIpc) is 2.94. The van der Waals surface area contributed by atoms with Crippen molar-refractivity contribution in [3.8, 4) is 11.3 Å². The molecule has 0 saturated heterocycles. The number of oxazole rings is 1. The zero-order chi connectivity index (χ0) is 18.4. The van der Waals surface area contributed by atoms with Gasteiger partial charge in [-0.1, -0.05) is 30.3 Å². The number of aryl methyl sites for hydroxylation is 2. The Hall–Kier alpha value is -2.63. The number of amides is 1. The number of hydrogen-bond acceptors (Lipinski definition) is 4. The Morgan fingerprint density at radius 3 is 2.56 bits per heavy atom. The number of hydrogen-bond donors (Lipinski definition) is 2. The van der Waals surface area contributed by atoms with Crippen LogP contribution in [0.2, 0.25) is 0 Å². The zero-order valence-corrected chi connectivity index (χ0v) is 14.8. The molecule has 0 aliphatic carbocycles. The van der Waals surface area contributed by atoms with Crippen LogP contribution in [0.5, 0.6) is 0 Å². The molecule has 25 heavy (non-hydrogen) atoms. The van der Waals surface area contributed by atoms with Crippen molar-refractivity contribution in [1.29, 1.82) is 0 Å². The molecule has 6 nitrogen and oxygen atoms in total. The van der Waals surface area contributed by atoms with Gasteiger partial charge in [0.05, 0.1) is 11.1 Å². The molecule has 1 heterocycles. The highest BCUT2D eigenvalue weighted by atomic mass is 16.4. The second-order valence-corrected chi connectivity index (χ2v) is 6.68. The molecule has 0 bridgehead atoms. The van der Waals surface area contributed by atoms with E-state index in [1.807, 2.05) is 37.3 Å². The molecule has 1 aromatic carbocycles. The summed E-state index contributed by atoms with van der Waals surface area (Å²) in [6.45, 7) is 5.49. The van der Waals surface area contributed by atoms with Gasteiger partial charge in [-0.05, 0) is 27.2 Å². The summed E-state index contributed by atoms with van der Waals surface area (Å²) >= 11 is 0.